The number of amides is 1. The van der Waals surface area contributed by atoms with Crippen molar-refractivity contribution in [1.82, 2.24) is 5.32 Å². The Morgan fingerprint density at radius 1 is 0.595 bits per heavy atom. The van der Waals surface area contributed by atoms with E-state index in [4.69, 9.17) is 0 Å². The van der Waals surface area contributed by atoms with Gasteiger partial charge in [-0.2, -0.15) is 0 Å². The van der Waals surface area contributed by atoms with Crippen LogP contribution in [0.4, 0.5) is 0 Å². The molecule has 5 nitrogen and oxygen atoms in total. The summed E-state index contributed by atoms with van der Waals surface area (Å²) in [4.78, 5) is 12.3. The first-order valence-electron chi connectivity index (χ1n) is 18.5. The SMILES string of the molecule is CCCCCCCCC/C=C/C(O)C(CO)NC(=O)CC(O)CCCCCCCCCCCCCCCCCCCC. The molecule has 0 bridgehead atoms. The van der Waals surface area contributed by atoms with Crippen LogP contribution in [0.15, 0.2) is 12.2 Å². The van der Waals surface area contributed by atoms with Crippen molar-refractivity contribution in [2.45, 2.75) is 212 Å². The smallest absolute Gasteiger partial charge is 0.222 e. The first-order valence-corrected chi connectivity index (χ1v) is 18.5. The Morgan fingerprint density at radius 2 is 0.976 bits per heavy atom. The van der Waals surface area contributed by atoms with Gasteiger partial charge in [-0.25, -0.2) is 0 Å². The minimum atomic E-state index is -0.921. The number of carbonyl (C=O) groups is 1. The molecule has 1 amide bonds. The van der Waals surface area contributed by atoms with Gasteiger partial charge < -0.3 is 20.6 Å². The monoisotopic (exact) mass is 596 g/mol. The first kappa shape index (κ1) is 41.1. The number of carbonyl (C=O) groups excluding carboxylic acids is 1. The molecule has 250 valence electrons. The van der Waals surface area contributed by atoms with Gasteiger partial charge in [0.05, 0.1) is 31.3 Å². The number of unbranched alkanes of at least 4 members (excludes halogenated alkanes) is 24. The van der Waals surface area contributed by atoms with Gasteiger partial charge in [-0.15, -0.1) is 0 Å². The van der Waals surface area contributed by atoms with Crippen molar-refractivity contribution in [2.75, 3.05) is 6.61 Å². The van der Waals surface area contributed by atoms with Gasteiger partial charge in [-0.3, -0.25) is 4.79 Å². The van der Waals surface area contributed by atoms with Crippen LogP contribution in [-0.2, 0) is 4.79 Å². The third-order valence-corrected chi connectivity index (χ3v) is 8.57. The molecular formula is C37H73NO4. The van der Waals surface area contributed by atoms with Crippen LogP contribution in [-0.4, -0.2) is 46.1 Å². The standard InChI is InChI=1S/C37H73NO4/c1-3-5-7-9-11-13-14-15-16-17-18-19-20-21-23-24-26-28-30-34(40)32-37(42)38-35(33-39)36(41)31-29-27-25-22-12-10-8-6-4-2/h29,31,34-36,39-41H,3-28,30,32-33H2,1-2H3,(H,38,42)/b31-29+. The molecular weight excluding hydrogens is 522 g/mol. The van der Waals surface area contributed by atoms with Crippen LogP contribution < -0.4 is 5.32 Å². The number of aliphatic hydroxyl groups excluding tert-OH is 3. The third-order valence-electron chi connectivity index (χ3n) is 8.57. The van der Waals surface area contributed by atoms with Gasteiger partial charge in [0.1, 0.15) is 0 Å². The maximum Gasteiger partial charge on any atom is 0.222 e. The van der Waals surface area contributed by atoms with E-state index in [1.165, 1.54) is 141 Å². The molecule has 3 atom stereocenters. The lowest BCUT2D eigenvalue weighted by atomic mass is 10.0. The second-order valence-electron chi connectivity index (χ2n) is 12.8. The van der Waals surface area contributed by atoms with Gasteiger partial charge in [-0.05, 0) is 19.3 Å². The molecule has 0 aliphatic heterocycles. The van der Waals surface area contributed by atoms with Crippen molar-refractivity contribution in [2.24, 2.45) is 0 Å². The summed E-state index contributed by atoms with van der Waals surface area (Å²) in [5.74, 6) is -0.316. The zero-order valence-corrected chi connectivity index (χ0v) is 28.1. The molecule has 0 aromatic rings. The Labute approximate surface area is 261 Å². The van der Waals surface area contributed by atoms with E-state index < -0.39 is 18.2 Å². The van der Waals surface area contributed by atoms with Gasteiger partial charge in [-0.1, -0.05) is 180 Å². The molecule has 4 N–H and O–H groups in total. The topological polar surface area (TPSA) is 89.8 Å². The summed E-state index contributed by atoms with van der Waals surface area (Å²) in [6.07, 6.45) is 36.3. The summed E-state index contributed by atoms with van der Waals surface area (Å²) in [6.45, 7) is 4.18. The molecule has 0 heterocycles. The Morgan fingerprint density at radius 3 is 1.38 bits per heavy atom. The lowest BCUT2D eigenvalue weighted by molar-refractivity contribution is -0.124. The van der Waals surface area contributed by atoms with Gasteiger partial charge in [0.2, 0.25) is 5.91 Å². The molecule has 0 aliphatic rings. The molecule has 0 saturated carbocycles. The summed E-state index contributed by atoms with van der Waals surface area (Å²) < 4.78 is 0. The Hall–Kier alpha value is -0.910. The summed E-state index contributed by atoms with van der Waals surface area (Å²) in [5, 5.41) is 32.9. The average molecular weight is 596 g/mol. The molecule has 0 aromatic carbocycles. The van der Waals surface area contributed by atoms with Gasteiger partial charge in [0, 0.05) is 0 Å². The highest BCUT2D eigenvalue weighted by atomic mass is 16.3. The fraction of sp³-hybridized carbons (Fsp3) is 0.919. The number of allylic oxidation sites excluding steroid dienone is 1. The van der Waals surface area contributed by atoms with E-state index in [1.807, 2.05) is 6.08 Å². The first-order chi connectivity index (χ1) is 20.5. The molecule has 0 radical (unpaired) electrons. The van der Waals surface area contributed by atoms with Crippen molar-refractivity contribution in [3.8, 4) is 0 Å². The molecule has 0 aliphatic carbocycles. The minimum absolute atomic E-state index is 0.0178. The largest absolute Gasteiger partial charge is 0.394 e. The van der Waals surface area contributed by atoms with E-state index in [9.17, 15) is 20.1 Å². The number of aliphatic hydroxyl groups is 3. The van der Waals surface area contributed by atoms with E-state index in [-0.39, 0.29) is 18.9 Å². The molecule has 0 fully saturated rings. The van der Waals surface area contributed by atoms with Crippen LogP contribution >= 0.6 is 0 Å². The maximum absolute atomic E-state index is 12.3. The van der Waals surface area contributed by atoms with Crippen molar-refractivity contribution in [1.29, 1.82) is 0 Å². The van der Waals surface area contributed by atoms with Gasteiger partial charge >= 0.3 is 0 Å². The van der Waals surface area contributed by atoms with Crippen LogP contribution in [0.3, 0.4) is 0 Å². The van der Waals surface area contributed by atoms with E-state index in [0.29, 0.717) is 6.42 Å². The summed E-state index contributed by atoms with van der Waals surface area (Å²) >= 11 is 0. The minimum Gasteiger partial charge on any atom is -0.394 e. The molecule has 0 rings (SSSR count). The van der Waals surface area contributed by atoms with Crippen LogP contribution in [0, 0.1) is 0 Å². The summed E-state index contributed by atoms with van der Waals surface area (Å²) in [6, 6.07) is -0.736. The predicted octanol–water partition coefficient (Wildman–Crippen LogP) is 9.70. The van der Waals surface area contributed by atoms with Crippen molar-refractivity contribution < 1.29 is 20.1 Å². The lowest BCUT2D eigenvalue weighted by Gasteiger charge is -2.21. The summed E-state index contributed by atoms with van der Waals surface area (Å²) in [5.41, 5.74) is 0. The van der Waals surface area contributed by atoms with E-state index >= 15 is 0 Å². The van der Waals surface area contributed by atoms with E-state index in [0.717, 1.165) is 25.7 Å². The van der Waals surface area contributed by atoms with Crippen LogP contribution in [0.2, 0.25) is 0 Å². The van der Waals surface area contributed by atoms with Crippen molar-refractivity contribution >= 4 is 5.91 Å². The number of nitrogens with one attached hydrogen (secondary N) is 1. The van der Waals surface area contributed by atoms with Crippen LogP contribution in [0.5, 0.6) is 0 Å². The number of rotatable bonds is 33. The Kier molecular flexibility index (Phi) is 32.3. The maximum atomic E-state index is 12.3. The molecule has 42 heavy (non-hydrogen) atoms. The average Bonchev–Trinajstić information content (AvgIpc) is 2.98. The summed E-state index contributed by atoms with van der Waals surface area (Å²) in [7, 11) is 0. The fourth-order valence-electron chi connectivity index (χ4n) is 5.69. The molecule has 0 spiro atoms. The second kappa shape index (κ2) is 33.0. The second-order valence-corrected chi connectivity index (χ2v) is 12.8. The molecule has 3 unspecified atom stereocenters. The van der Waals surface area contributed by atoms with E-state index in [1.54, 1.807) is 6.08 Å². The quantitative estimate of drug-likeness (QED) is 0.0449. The highest BCUT2D eigenvalue weighted by Crippen LogP contribution is 2.15. The van der Waals surface area contributed by atoms with Crippen molar-refractivity contribution in [3.05, 3.63) is 12.2 Å². The zero-order chi connectivity index (χ0) is 30.9. The van der Waals surface area contributed by atoms with Crippen LogP contribution in [0.25, 0.3) is 0 Å². The Bertz CT molecular complexity index is 582. The Balaban J connectivity index is 3.64. The van der Waals surface area contributed by atoms with Crippen molar-refractivity contribution in [3.63, 3.8) is 0 Å². The lowest BCUT2D eigenvalue weighted by Crippen LogP contribution is -2.45. The zero-order valence-electron chi connectivity index (χ0n) is 28.1. The molecule has 0 aromatic heterocycles. The predicted molar refractivity (Wildman–Crippen MR) is 181 cm³/mol. The highest BCUT2D eigenvalue weighted by molar-refractivity contribution is 5.76. The highest BCUT2D eigenvalue weighted by Gasteiger charge is 2.20. The van der Waals surface area contributed by atoms with Crippen LogP contribution in [0.1, 0.15) is 194 Å². The van der Waals surface area contributed by atoms with Gasteiger partial charge in [0.25, 0.3) is 0 Å². The molecule has 0 saturated heterocycles. The molecule has 5 heteroatoms. The number of hydrogen-bond donors (Lipinski definition) is 4. The van der Waals surface area contributed by atoms with E-state index in [2.05, 4.69) is 19.2 Å². The third kappa shape index (κ3) is 29.2. The fourth-order valence-corrected chi connectivity index (χ4v) is 5.69. The normalized spacial score (nSPS) is 13.9. The van der Waals surface area contributed by atoms with Gasteiger partial charge in [0.15, 0.2) is 0 Å². The number of hydrogen-bond acceptors (Lipinski definition) is 4.